The Bertz CT molecular complexity index is 1540. The predicted octanol–water partition coefficient (Wildman–Crippen LogP) is 3.75. The lowest BCUT2D eigenvalue weighted by molar-refractivity contribution is 0.0376. The van der Waals surface area contributed by atoms with E-state index < -0.39 is 16.1 Å². The fraction of sp³-hybridized carbons (Fsp3) is 0.500. The van der Waals surface area contributed by atoms with Gasteiger partial charge in [-0.15, -0.1) is 0 Å². The summed E-state index contributed by atoms with van der Waals surface area (Å²) < 4.78 is 39.6. The van der Waals surface area contributed by atoms with Crippen molar-refractivity contribution in [1.82, 2.24) is 19.1 Å². The number of amides is 2. The number of anilines is 1. The van der Waals surface area contributed by atoms with Crippen molar-refractivity contribution in [3.63, 3.8) is 0 Å². The summed E-state index contributed by atoms with van der Waals surface area (Å²) in [7, 11) is -3.79. The number of fused-ring (bicyclic) bond motifs is 1. The number of sulfonamides is 1. The average molecular weight is 630 g/mol. The first-order valence-corrected chi connectivity index (χ1v) is 16.9. The zero-order valence-corrected chi connectivity index (χ0v) is 26.6. The second kappa shape index (κ2) is 13.7. The molecule has 13 heteroatoms. The van der Waals surface area contributed by atoms with Gasteiger partial charge in [-0.25, -0.2) is 18.2 Å². The number of benzene rings is 2. The van der Waals surface area contributed by atoms with Crippen LogP contribution in [0.25, 0.3) is 10.2 Å². The largest absolute Gasteiger partial charge is 0.450 e. The molecule has 43 heavy (non-hydrogen) atoms. The molecule has 232 valence electrons. The first-order valence-electron chi connectivity index (χ1n) is 14.7. The normalized spacial score (nSPS) is 16.9. The molecule has 2 saturated heterocycles. The van der Waals surface area contributed by atoms with E-state index in [1.54, 1.807) is 24.0 Å². The standard InChI is InChI=1S/C30H39N5O6S2/c1-4-41-30(37)33-12-14-34(15-13-33)43(38,39)25-8-6-24(7-9-25)28(36)35(11-5-10-32-16-18-40-19-17-32)29-31-27-23(3)20-22(2)21-26(27)42-29/h6-9,20-21H,4-5,10-19H2,1-3H3. The first-order chi connectivity index (χ1) is 20.7. The molecular weight excluding hydrogens is 590 g/mol. The zero-order chi connectivity index (χ0) is 30.6. The van der Waals surface area contributed by atoms with Gasteiger partial charge in [0, 0.05) is 57.9 Å². The van der Waals surface area contributed by atoms with Gasteiger partial charge in [-0.1, -0.05) is 17.4 Å². The van der Waals surface area contributed by atoms with Gasteiger partial charge in [0.1, 0.15) is 0 Å². The molecule has 0 N–H and O–H groups in total. The van der Waals surface area contributed by atoms with E-state index in [-0.39, 0.29) is 43.6 Å². The highest BCUT2D eigenvalue weighted by atomic mass is 32.2. The molecule has 3 aromatic rings. The molecule has 2 aromatic carbocycles. The molecule has 0 atom stereocenters. The maximum Gasteiger partial charge on any atom is 0.409 e. The summed E-state index contributed by atoms with van der Waals surface area (Å²) in [6.45, 7) is 11.5. The highest BCUT2D eigenvalue weighted by Gasteiger charge is 2.31. The minimum atomic E-state index is -3.79. The van der Waals surface area contributed by atoms with Gasteiger partial charge in [0.05, 0.1) is 34.9 Å². The second-order valence-corrected chi connectivity index (χ2v) is 13.8. The quantitative estimate of drug-likeness (QED) is 0.352. The molecule has 0 unspecified atom stereocenters. The Morgan fingerprint density at radius 1 is 1.02 bits per heavy atom. The molecule has 11 nitrogen and oxygen atoms in total. The van der Waals surface area contributed by atoms with Crippen LogP contribution in [0.2, 0.25) is 0 Å². The van der Waals surface area contributed by atoms with Gasteiger partial charge in [-0.2, -0.15) is 4.31 Å². The maximum atomic E-state index is 13.9. The highest BCUT2D eigenvalue weighted by Crippen LogP contribution is 2.33. The van der Waals surface area contributed by atoms with Crippen molar-refractivity contribution in [2.45, 2.75) is 32.1 Å². The number of carbonyl (C=O) groups excluding carboxylic acids is 2. The fourth-order valence-electron chi connectivity index (χ4n) is 5.44. The number of nitrogens with zero attached hydrogens (tertiary/aromatic N) is 5. The predicted molar refractivity (Wildman–Crippen MR) is 166 cm³/mol. The molecule has 5 rings (SSSR count). The maximum absolute atomic E-state index is 13.9. The second-order valence-electron chi connectivity index (χ2n) is 10.8. The van der Waals surface area contributed by atoms with Crippen molar-refractivity contribution >= 4 is 48.7 Å². The average Bonchev–Trinajstić information content (AvgIpc) is 3.44. The lowest BCUT2D eigenvalue weighted by atomic mass is 10.1. The minimum Gasteiger partial charge on any atom is -0.450 e. The zero-order valence-electron chi connectivity index (χ0n) is 25.0. The van der Waals surface area contributed by atoms with Gasteiger partial charge in [-0.3, -0.25) is 14.6 Å². The van der Waals surface area contributed by atoms with Crippen LogP contribution in [-0.4, -0.2) is 112 Å². The van der Waals surface area contributed by atoms with E-state index in [1.807, 2.05) is 13.8 Å². The third-order valence-electron chi connectivity index (χ3n) is 7.76. The van der Waals surface area contributed by atoms with Gasteiger partial charge in [-0.05, 0) is 68.7 Å². The summed E-state index contributed by atoms with van der Waals surface area (Å²) in [6.07, 6.45) is 0.333. The van der Waals surface area contributed by atoms with Gasteiger partial charge in [0.25, 0.3) is 5.91 Å². The van der Waals surface area contributed by atoms with Crippen LogP contribution in [0.3, 0.4) is 0 Å². The number of thiazole rings is 1. The number of carbonyl (C=O) groups is 2. The summed E-state index contributed by atoms with van der Waals surface area (Å²) in [4.78, 5) is 36.5. The van der Waals surface area contributed by atoms with Crippen molar-refractivity contribution in [2.24, 2.45) is 0 Å². The van der Waals surface area contributed by atoms with Crippen LogP contribution in [0, 0.1) is 13.8 Å². The number of aryl methyl sites for hydroxylation is 2. The number of ether oxygens (including phenoxy) is 2. The molecule has 0 bridgehead atoms. The van der Waals surface area contributed by atoms with Gasteiger partial charge in [0.15, 0.2) is 5.13 Å². The molecule has 3 heterocycles. The minimum absolute atomic E-state index is 0.110. The molecule has 2 fully saturated rings. The van der Waals surface area contributed by atoms with Crippen LogP contribution in [0.5, 0.6) is 0 Å². The number of aromatic nitrogens is 1. The van der Waals surface area contributed by atoms with E-state index in [9.17, 15) is 18.0 Å². The number of morpholine rings is 1. The topological polar surface area (TPSA) is 113 Å². The van der Waals surface area contributed by atoms with E-state index >= 15 is 0 Å². The van der Waals surface area contributed by atoms with Gasteiger partial charge in [0.2, 0.25) is 10.0 Å². The Hall–Kier alpha value is -3.10. The summed E-state index contributed by atoms with van der Waals surface area (Å²) in [5.74, 6) is -0.220. The van der Waals surface area contributed by atoms with Crippen LogP contribution in [-0.2, 0) is 19.5 Å². The number of hydrogen-bond acceptors (Lipinski definition) is 9. The summed E-state index contributed by atoms with van der Waals surface area (Å²) in [5.41, 5.74) is 3.49. The van der Waals surface area contributed by atoms with E-state index in [0.29, 0.717) is 17.2 Å². The monoisotopic (exact) mass is 629 g/mol. The van der Waals surface area contributed by atoms with Crippen LogP contribution in [0.1, 0.15) is 34.8 Å². The molecular formula is C30H39N5O6S2. The highest BCUT2D eigenvalue weighted by molar-refractivity contribution is 7.89. The van der Waals surface area contributed by atoms with E-state index in [1.165, 1.54) is 32.7 Å². The summed E-state index contributed by atoms with van der Waals surface area (Å²) in [6, 6.07) is 10.3. The number of piperazine rings is 1. The third kappa shape index (κ3) is 7.18. The lowest BCUT2D eigenvalue weighted by Gasteiger charge is -2.33. The molecule has 0 saturated carbocycles. The van der Waals surface area contributed by atoms with Crippen molar-refractivity contribution in [3.8, 4) is 0 Å². The number of rotatable bonds is 9. The summed E-state index contributed by atoms with van der Waals surface area (Å²) >= 11 is 1.49. The molecule has 0 radical (unpaired) electrons. The van der Waals surface area contributed by atoms with Crippen molar-refractivity contribution in [2.75, 3.05) is 77.1 Å². The lowest BCUT2D eigenvalue weighted by Crippen LogP contribution is -2.50. The fourth-order valence-corrected chi connectivity index (χ4v) is 8.02. The van der Waals surface area contributed by atoms with E-state index in [0.717, 1.165) is 60.6 Å². The van der Waals surface area contributed by atoms with Gasteiger partial charge >= 0.3 is 6.09 Å². The molecule has 2 amide bonds. The van der Waals surface area contributed by atoms with Crippen LogP contribution >= 0.6 is 11.3 Å². The van der Waals surface area contributed by atoms with Crippen molar-refractivity contribution < 1.29 is 27.5 Å². The van der Waals surface area contributed by atoms with E-state index in [4.69, 9.17) is 14.5 Å². The Labute approximate surface area is 257 Å². The molecule has 1 aromatic heterocycles. The molecule has 0 aliphatic carbocycles. The van der Waals surface area contributed by atoms with E-state index in [2.05, 4.69) is 17.0 Å². The van der Waals surface area contributed by atoms with Crippen molar-refractivity contribution in [3.05, 3.63) is 53.1 Å². The Kier molecular flexibility index (Phi) is 9.97. The molecule has 0 spiro atoms. The Balaban J connectivity index is 1.33. The number of hydrogen-bond donors (Lipinski definition) is 0. The van der Waals surface area contributed by atoms with Crippen LogP contribution in [0.15, 0.2) is 41.3 Å². The summed E-state index contributed by atoms with van der Waals surface area (Å²) in [5, 5.41) is 0.631. The SMILES string of the molecule is CCOC(=O)N1CCN(S(=O)(=O)c2ccc(C(=O)N(CCCN3CCOCC3)c3nc4c(C)cc(C)cc4s3)cc2)CC1. The van der Waals surface area contributed by atoms with Crippen molar-refractivity contribution in [1.29, 1.82) is 0 Å². The third-order valence-corrected chi connectivity index (χ3v) is 10.7. The molecule has 2 aliphatic heterocycles. The first kappa shape index (κ1) is 31.3. The van der Waals surface area contributed by atoms with Crippen LogP contribution in [0.4, 0.5) is 9.93 Å². The Morgan fingerprint density at radius 2 is 1.72 bits per heavy atom. The van der Waals surface area contributed by atoms with Gasteiger partial charge < -0.3 is 14.4 Å². The smallest absolute Gasteiger partial charge is 0.409 e. The Morgan fingerprint density at radius 3 is 2.40 bits per heavy atom. The van der Waals surface area contributed by atoms with Crippen LogP contribution < -0.4 is 4.90 Å². The molecule has 2 aliphatic rings.